The summed E-state index contributed by atoms with van der Waals surface area (Å²) in [5.74, 6) is 0.705. The predicted octanol–water partition coefficient (Wildman–Crippen LogP) is 3.05. The second kappa shape index (κ2) is 7.20. The summed E-state index contributed by atoms with van der Waals surface area (Å²) >= 11 is 0. The van der Waals surface area contributed by atoms with Crippen LogP contribution in [0.25, 0.3) is 0 Å². The van der Waals surface area contributed by atoms with Crippen molar-refractivity contribution in [1.29, 1.82) is 0 Å². The van der Waals surface area contributed by atoms with Gasteiger partial charge in [-0.15, -0.1) is 0 Å². The second-order valence-electron chi connectivity index (χ2n) is 4.54. The minimum absolute atomic E-state index is 0.665. The van der Waals surface area contributed by atoms with Gasteiger partial charge >= 0.3 is 0 Å². The van der Waals surface area contributed by atoms with Crippen molar-refractivity contribution in [2.24, 2.45) is 7.05 Å². The van der Waals surface area contributed by atoms with E-state index in [4.69, 9.17) is 10.5 Å². The number of nitrogen functional groups attached to an aromatic ring is 1. The molecule has 0 amide bonds. The third-order valence-corrected chi connectivity index (χ3v) is 2.95. The first kappa shape index (κ1) is 13.9. The maximum absolute atomic E-state index is 5.88. The standard InChI is InChI=1S/C13H25N3O/c1-4-5-6-7-8-9-10-17-13-12(14)11(2)15-16(13)3/h4-10,14H2,1-3H3. The highest BCUT2D eigenvalue weighted by Crippen LogP contribution is 2.23. The smallest absolute Gasteiger partial charge is 0.235 e. The van der Waals surface area contributed by atoms with E-state index in [-0.39, 0.29) is 0 Å². The Balaban J connectivity index is 2.18. The largest absolute Gasteiger partial charge is 0.476 e. The third kappa shape index (κ3) is 4.29. The van der Waals surface area contributed by atoms with Crippen LogP contribution in [-0.2, 0) is 7.05 Å². The fourth-order valence-electron chi connectivity index (χ4n) is 1.88. The van der Waals surface area contributed by atoms with Gasteiger partial charge < -0.3 is 10.5 Å². The summed E-state index contributed by atoms with van der Waals surface area (Å²) in [6, 6.07) is 0. The molecule has 0 aliphatic carbocycles. The van der Waals surface area contributed by atoms with Gasteiger partial charge in [-0.05, 0) is 13.3 Å². The van der Waals surface area contributed by atoms with Gasteiger partial charge in [0.2, 0.25) is 5.88 Å². The van der Waals surface area contributed by atoms with Gasteiger partial charge in [0.05, 0.1) is 12.3 Å². The molecule has 0 radical (unpaired) electrons. The fraction of sp³-hybridized carbons (Fsp3) is 0.769. The number of ether oxygens (including phenoxy) is 1. The predicted molar refractivity (Wildman–Crippen MR) is 71.2 cm³/mol. The van der Waals surface area contributed by atoms with E-state index in [1.165, 1.54) is 32.1 Å². The van der Waals surface area contributed by atoms with Crippen molar-refractivity contribution in [3.63, 3.8) is 0 Å². The van der Waals surface area contributed by atoms with E-state index in [9.17, 15) is 0 Å². The molecule has 0 atom stereocenters. The maximum Gasteiger partial charge on any atom is 0.235 e. The zero-order valence-electron chi connectivity index (χ0n) is 11.3. The number of unbranched alkanes of at least 4 members (excludes halogenated alkanes) is 5. The van der Waals surface area contributed by atoms with E-state index < -0.39 is 0 Å². The average Bonchev–Trinajstić information content (AvgIpc) is 2.54. The van der Waals surface area contributed by atoms with E-state index >= 15 is 0 Å². The molecule has 0 spiro atoms. The maximum atomic E-state index is 5.88. The first-order valence-corrected chi connectivity index (χ1v) is 6.58. The van der Waals surface area contributed by atoms with Gasteiger partial charge in [0.25, 0.3) is 0 Å². The summed E-state index contributed by atoms with van der Waals surface area (Å²) in [4.78, 5) is 0. The van der Waals surface area contributed by atoms with Gasteiger partial charge in [-0.1, -0.05) is 39.0 Å². The van der Waals surface area contributed by atoms with Crippen LogP contribution in [0.15, 0.2) is 0 Å². The summed E-state index contributed by atoms with van der Waals surface area (Å²) < 4.78 is 7.38. The molecule has 2 N–H and O–H groups in total. The number of rotatable bonds is 8. The van der Waals surface area contributed by atoms with E-state index in [1.54, 1.807) is 4.68 Å². The van der Waals surface area contributed by atoms with Crippen LogP contribution in [0.4, 0.5) is 5.69 Å². The highest BCUT2D eigenvalue weighted by Gasteiger charge is 2.10. The molecule has 0 aliphatic rings. The van der Waals surface area contributed by atoms with Gasteiger partial charge in [-0.2, -0.15) is 5.10 Å². The van der Waals surface area contributed by atoms with Crippen molar-refractivity contribution in [3.8, 4) is 5.88 Å². The number of aromatic nitrogens is 2. The quantitative estimate of drug-likeness (QED) is 0.709. The Hall–Kier alpha value is -1.19. The molecule has 0 bridgehead atoms. The zero-order chi connectivity index (χ0) is 12.7. The summed E-state index contributed by atoms with van der Waals surface area (Å²) in [5.41, 5.74) is 7.38. The molecule has 4 nitrogen and oxygen atoms in total. The van der Waals surface area contributed by atoms with E-state index in [0.717, 1.165) is 18.7 Å². The summed E-state index contributed by atoms with van der Waals surface area (Å²) in [7, 11) is 1.86. The lowest BCUT2D eigenvalue weighted by Gasteiger charge is -2.06. The monoisotopic (exact) mass is 239 g/mol. The number of anilines is 1. The van der Waals surface area contributed by atoms with Gasteiger partial charge in [-0.3, -0.25) is 0 Å². The molecule has 0 unspecified atom stereocenters. The Labute approximate surface area is 104 Å². The molecule has 0 aliphatic heterocycles. The lowest BCUT2D eigenvalue weighted by atomic mass is 10.1. The summed E-state index contributed by atoms with van der Waals surface area (Å²) in [6.07, 6.45) is 7.60. The minimum atomic E-state index is 0.665. The molecule has 4 heteroatoms. The van der Waals surface area contributed by atoms with Crippen LogP contribution in [0.5, 0.6) is 5.88 Å². The van der Waals surface area contributed by atoms with Crippen LogP contribution >= 0.6 is 0 Å². The van der Waals surface area contributed by atoms with Crippen LogP contribution in [0.3, 0.4) is 0 Å². The highest BCUT2D eigenvalue weighted by molar-refractivity contribution is 5.52. The zero-order valence-corrected chi connectivity index (χ0v) is 11.3. The van der Waals surface area contributed by atoms with Gasteiger partial charge in [0.1, 0.15) is 5.69 Å². The number of hydrogen-bond acceptors (Lipinski definition) is 3. The van der Waals surface area contributed by atoms with E-state index in [2.05, 4.69) is 12.0 Å². The van der Waals surface area contributed by atoms with Crippen LogP contribution < -0.4 is 10.5 Å². The number of aryl methyl sites for hydroxylation is 2. The third-order valence-electron chi connectivity index (χ3n) is 2.95. The first-order valence-electron chi connectivity index (χ1n) is 6.58. The lowest BCUT2D eigenvalue weighted by Crippen LogP contribution is -2.04. The Morgan fingerprint density at radius 1 is 1.18 bits per heavy atom. The van der Waals surface area contributed by atoms with Crippen molar-refractivity contribution < 1.29 is 4.74 Å². The molecular weight excluding hydrogens is 214 g/mol. The molecular formula is C13H25N3O. The van der Waals surface area contributed by atoms with Crippen LogP contribution in [-0.4, -0.2) is 16.4 Å². The highest BCUT2D eigenvalue weighted by atomic mass is 16.5. The molecule has 1 aromatic heterocycles. The van der Waals surface area contributed by atoms with Gasteiger partial charge in [0.15, 0.2) is 0 Å². The molecule has 98 valence electrons. The lowest BCUT2D eigenvalue weighted by molar-refractivity contribution is 0.281. The van der Waals surface area contributed by atoms with Gasteiger partial charge in [-0.25, -0.2) is 4.68 Å². The molecule has 0 saturated heterocycles. The van der Waals surface area contributed by atoms with Crippen molar-refractivity contribution in [1.82, 2.24) is 9.78 Å². The normalized spacial score (nSPS) is 10.8. The molecule has 0 fully saturated rings. The molecule has 1 aromatic rings. The summed E-state index contributed by atoms with van der Waals surface area (Å²) in [6.45, 7) is 4.86. The molecule has 0 saturated carbocycles. The van der Waals surface area contributed by atoms with Crippen LogP contribution in [0.2, 0.25) is 0 Å². The molecule has 17 heavy (non-hydrogen) atoms. The molecule has 1 rings (SSSR count). The van der Waals surface area contributed by atoms with Crippen LogP contribution in [0, 0.1) is 6.92 Å². The first-order chi connectivity index (χ1) is 8.16. The van der Waals surface area contributed by atoms with E-state index in [1.807, 2.05) is 14.0 Å². The van der Waals surface area contributed by atoms with Crippen LogP contribution in [0.1, 0.15) is 51.1 Å². The Kier molecular flexibility index (Phi) is 5.87. The second-order valence-corrected chi connectivity index (χ2v) is 4.54. The van der Waals surface area contributed by atoms with Gasteiger partial charge in [0, 0.05) is 7.05 Å². The Morgan fingerprint density at radius 3 is 2.41 bits per heavy atom. The average molecular weight is 239 g/mol. The molecule has 1 heterocycles. The number of nitrogens with two attached hydrogens (primary N) is 1. The molecule has 0 aromatic carbocycles. The fourth-order valence-corrected chi connectivity index (χ4v) is 1.88. The van der Waals surface area contributed by atoms with E-state index in [0.29, 0.717) is 11.6 Å². The Bertz CT molecular complexity index is 334. The SMILES string of the molecule is CCCCCCCCOc1c(N)c(C)nn1C. The van der Waals surface area contributed by atoms with Crippen molar-refractivity contribution in [3.05, 3.63) is 5.69 Å². The number of nitrogens with zero attached hydrogens (tertiary/aromatic N) is 2. The van der Waals surface area contributed by atoms with Crippen molar-refractivity contribution >= 4 is 5.69 Å². The Morgan fingerprint density at radius 2 is 1.82 bits per heavy atom. The minimum Gasteiger partial charge on any atom is -0.476 e. The summed E-state index contributed by atoms with van der Waals surface area (Å²) in [5, 5.41) is 4.22. The van der Waals surface area contributed by atoms with Crippen molar-refractivity contribution in [2.45, 2.75) is 52.4 Å². The topological polar surface area (TPSA) is 53.1 Å². The van der Waals surface area contributed by atoms with Crippen molar-refractivity contribution in [2.75, 3.05) is 12.3 Å². The number of hydrogen-bond donors (Lipinski definition) is 1.